The lowest BCUT2D eigenvalue weighted by Crippen LogP contribution is -2.29. The van der Waals surface area contributed by atoms with Gasteiger partial charge in [-0.15, -0.1) is 0 Å². The van der Waals surface area contributed by atoms with Crippen molar-refractivity contribution in [1.82, 2.24) is 0 Å². The lowest BCUT2D eigenvalue weighted by molar-refractivity contribution is -0.139. The van der Waals surface area contributed by atoms with Crippen LogP contribution in [0.3, 0.4) is 0 Å². The second-order valence-corrected chi connectivity index (χ2v) is 6.54. The van der Waals surface area contributed by atoms with Crippen LogP contribution in [0.2, 0.25) is 0 Å². The zero-order valence-corrected chi connectivity index (χ0v) is 14.8. The van der Waals surface area contributed by atoms with Crippen LogP contribution in [0.5, 0.6) is 0 Å². The van der Waals surface area contributed by atoms with Crippen molar-refractivity contribution in [3.05, 3.63) is 0 Å². The first kappa shape index (κ1) is 21.3. The van der Waals surface area contributed by atoms with Crippen molar-refractivity contribution >= 4 is 5.97 Å². The van der Waals surface area contributed by atoms with E-state index in [4.69, 9.17) is 24.1 Å². The van der Waals surface area contributed by atoms with Gasteiger partial charge in [-0.25, -0.2) is 0 Å². The number of carboxylic acids is 1. The largest absolute Gasteiger partial charge is 0.481 e. The average Bonchev–Trinajstić information content (AvgIpc) is 2.39. The highest BCUT2D eigenvalue weighted by molar-refractivity contribution is 5.66. The summed E-state index contributed by atoms with van der Waals surface area (Å²) in [6.07, 6.45) is -0.172. The Hall–Kier alpha value is -0.690. The Morgan fingerprint density at radius 1 is 0.909 bits per heavy atom. The smallest absolute Gasteiger partial charge is 0.305 e. The van der Waals surface area contributed by atoms with Gasteiger partial charge in [-0.1, -0.05) is 0 Å². The normalized spacial score (nSPS) is 16.3. The van der Waals surface area contributed by atoms with E-state index < -0.39 is 5.97 Å². The highest BCUT2D eigenvalue weighted by atomic mass is 16.6. The third kappa shape index (κ3) is 14.3. The minimum absolute atomic E-state index is 0.00823. The molecule has 0 spiro atoms. The van der Waals surface area contributed by atoms with E-state index in [9.17, 15) is 4.79 Å². The number of hydrogen-bond acceptors (Lipinski definition) is 5. The molecule has 0 fully saturated rings. The molecule has 0 amide bonds. The summed E-state index contributed by atoms with van der Waals surface area (Å²) < 4.78 is 22.3. The fourth-order valence-electron chi connectivity index (χ4n) is 1.46. The van der Waals surface area contributed by atoms with E-state index in [0.717, 1.165) is 0 Å². The number of rotatable bonds is 12. The molecule has 0 saturated carbocycles. The van der Waals surface area contributed by atoms with Crippen LogP contribution in [0.4, 0.5) is 0 Å². The zero-order valence-electron chi connectivity index (χ0n) is 14.8. The molecular weight excluding hydrogens is 288 g/mol. The molecule has 0 heterocycles. The van der Waals surface area contributed by atoms with Gasteiger partial charge in [0.2, 0.25) is 0 Å². The molecule has 0 aliphatic rings. The van der Waals surface area contributed by atoms with Crippen LogP contribution in [0.1, 0.15) is 48.0 Å². The van der Waals surface area contributed by atoms with Crippen molar-refractivity contribution in [2.24, 2.45) is 0 Å². The van der Waals surface area contributed by atoms with Crippen molar-refractivity contribution in [1.29, 1.82) is 0 Å². The Bertz CT molecular complexity index is 300. The van der Waals surface area contributed by atoms with Crippen LogP contribution < -0.4 is 0 Å². The summed E-state index contributed by atoms with van der Waals surface area (Å²) in [5.41, 5.74) is -0.164. The zero-order chi connectivity index (χ0) is 17.2. The SMILES string of the molecule is CC(COC(C)COC(C)COC(C)(C)C)OCCC(=O)O. The number of carboxylic acid groups (broad SMARTS) is 1. The van der Waals surface area contributed by atoms with Crippen molar-refractivity contribution in [2.75, 3.05) is 26.4 Å². The maximum absolute atomic E-state index is 10.4. The molecule has 0 aromatic carbocycles. The second-order valence-electron chi connectivity index (χ2n) is 6.54. The first-order chi connectivity index (χ1) is 10.1. The monoisotopic (exact) mass is 320 g/mol. The van der Waals surface area contributed by atoms with Gasteiger partial charge in [0.05, 0.1) is 56.8 Å². The van der Waals surface area contributed by atoms with Crippen LogP contribution in [-0.4, -0.2) is 61.4 Å². The maximum Gasteiger partial charge on any atom is 0.305 e. The predicted molar refractivity (Wildman–Crippen MR) is 84.2 cm³/mol. The van der Waals surface area contributed by atoms with E-state index in [2.05, 4.69) is 0 Å². The first-order valence-corrected chi connectivity index (χ1v) is 7.80. The molecule has 0 saturated heterocycles. The molecule has 3 unspecified atom stereocenters. The summed E-state index contributed by atoms with van der Waals surface area (Å²) in [6.45, 7) is 13.4. The van der Waals surface area contributed by atoms with Gasteiger partial charge in [-0.2, -0.15) is 0 Å². The van der Waals surface area contributed by atoms with Crippen molar-refractivity contribution < 1.29 is 28.8 Å². The van der Waals surface area contributed by atoms with Gasteiger partial charge in [0.1, 0.15) is 0 Å². The molecule has 0 radical (unpaired) electrons. The molecule has 0 bridgehead atoms. The van der Waals surface area contributed by atoms with E-state index in [0.29, 0.717) is 19.8 Å². The number of aliphatic carboxylic acids is 1. The topological polar surface area (TPSA) is 74.2 Å². The Morgan fingerprint density at radius 3 is 1.82 bits per heavy atom. The Kier molecular flexibility index (Phi) is 10.6. The number of carbonyl (C=O) groups is 1. The van der Waals surface area contributed by atoms with E-state index in [1.54, 1.807) is 0 Å². The minimum atomic E-state index is -0.860. The van der Waals surface area contributed by atoms with Gasteiger partial charge >= 0.3 is 5.97 Å². The molecule has 132 valence electrons. The van der Waals surface area contributed by atoms with Crippen LogP contribution in [0, 0.1) is 0 Å². The molecule has 0 aromatic heterocycles. The quantitative estimate of drug-likeness (QED) is 0.595. The van der Waals surface area contributed by atoms with Crippen LogP contribution in [0.15, 0.2) is 0 Å². The van der Waals surface area contributed by atoms with Crippen LogP contribution in [0.25, 0.3) is 0 Å². The fraction of sp³-hybridized carbons (Fsp3) is 0.938. The molecule has 1 N–H and O–H groups in total. The van der Waals surface area contributed by atoms with E-state index in [-0.39, 0.29) is 36.9 Å². The van der Waals surface area contributed by atoms with Crippen molar-refractivity contribution in [3.63, 3.8) is 0 Å². The molecule has 22 heavy (non-hydrogen) atoms. The summed E-state index contributed by atoms with van der Waals surface area (Å²) in [5, 5.41) is 8.52. The molecule has 0 aliphatic heterocycles. The Morgan fingerprint density at radius 2 is 1.36 bits per heavy atom. The molecule has 0 rings (SSSR count). The predicted octanol–water partition coefficient (Wildman–Crippen LogP) is 2.49. The summed E-state index contributed by atoms with van der Waals surface area (Å²) >= 11 is 0. The highest BCUT2D eigenvalue weighted by Gasteiger charge is 2.14. The molecule has 0 aliphatic carbocycles. The second kappa shape index (κ2) is 10.9. The lowest BCUT2D eigenvalue weighted by Gasteiger charge is -2.24. The standard InChI is InChI=1S/C16H32O6/c1-12(19-8-7-15(17)18)9-20-13(2)10-21-14(3)11-22-16(4,5)6/h12-14H,7-11H2,1-6H3,(H,17,18). The number of hydrogen-bond donors (Lipinski definition) is 1. The third-order valence-corrected chi connectivity index (χ3v) is 2.70. The molecule has 3 atom stereocenters. The van der Waals surface area contributed by atoms with Gasteiger partial charge in [0, 0.05) is 0 Å². The molecule has 6 heteroatoms. The van der Waals surface area contributed by atoms with Gasteiger partial charge in [-0.3, -0.25) is 4.79 Å². The van der Waals surface area contributed by atoms with Crippen molar-refractivity contribution in [3.8, 4) is 0 Å². The van der Waals surface area contributed by atoms with E-state index >= 15 is 0 Å². The van der Waals surface area contributed by atoms with Gasteiger partial charge < -0.3 is 24.1 Å². The third-order valence-electron chi connectivity index (χ3n) is 2.70. The summed E-state index contributed by atoms with van der Waals surface area (Å²) in [6, 6.07) is 0. The maximum atomic E-state index is 10.4. The Balaban J connectivity index is 3.67. The highest BCUT2D eigenvalue weighted by Crippen LogP contribution is 2.08. The first-order valence-electron chi connectivity index (χ1n) is 7.80. The molecular formula is C16H32O6. The summed E-state index contributed by atoms with van der Waals surface area (Å²) in [7, 11) is 0. The summed E-state index contributed by atoms with van der Waals surface area (Å²) in [5.74, 6) is -0.860. The van der Waals surface area contributed by atoms with Crippen molar-refractivity contribution in [2.45, 2.75) is 71.9 Å². The average molecular weight is 320 g/mol. The lowest BCUT2D eigenvalue weighted by atomic mass is 10.2. The fourth-order valence-corrected chi connectivity index (χ4v) is 1.46. The molecule has 0 aromatic rings. The number of ether oxygens (including phenoxy) is 4. The molecule has 6 nitrogen and oxygen atoms in total. The van der Waals surface area contributed by atoms with Gasteiger partial charge in [-0.05, 0) is 41.5 Å². The summed E-state index contributed by atoms with van der Waals surface area (Å²) in [4.78, 5) is 10.4. The van der Waals surface area contributed by atoms with Gasteiger partial charge in [0.15, 0.2) is 0 Å². The Labute approximate surface area is 134 Å². The van der Waals surface area contributed by atoms with E-state index in [1.807, 2.05) is 41.5 Å². The van der Waals surface area contributed by atoms with E-state index in [1.165, 1.54) is 0 Å². The van der Waals surface area contributed by atoms with Gasteiger partial charge in [0.25, 0.3) is 0 Å². The minimum Gasteiger partial charge on any atom is -0.481 e. The van der Waals surface area contributed by atoms with Crippen LogP contribution in [-0.2, 0) is 23.7 Å². The van der Waals surface area contributed by atoms with Crippen LogP contribution >= 0.6 is 0 Å².